The molecule has 13 rings (SSSR count). The first-order valence-electron chi connectivity index (χ1n) is 23.2. The van der Waals surface area contributed by atoms with Crippen LogP contribution in [-0.2, 0) is 10.8 Å². The van der Waals surface area contributed by atoms with Gasteiger partial charge in [-0.05, 0) is 132 Å². The van der Waals surface area contributed by atoms with Crippen LogP contribution in [0, 0.1) is 0 Å². The Balaban J connectivity index is 0.955. The number of hydrogen-bond donors (Lipinski definition) is 0. The zero-order valence-electron chi connectivity index (χ0n) is 37.6. The molecule has 11 aromatic rings. The predicted molar refractivity (Wildman–Crippen MR) is 277 cm³/mol. The fourth-order valence-corrected chi connectivity index (χ4v) is 11.7. The molecule has 2 nitrogen and oxygen atoms in total. The standard InChI is InChI=1S/C64H47NO/c1-63(2)56-27-11-9-22-50(56)52-37-35-45(39-58(52)63)65(44-18-13-17-42(38-44)47-24-15-29-59-60(47)55-36-32-40-16-5-6-20-48(40)62(55)66-59)43-33-30-41(31-34-43)46-19-7-8-21-49(46)53-25-14-26-54-51-23-10-12-28-57(51)64(3,4)61(53)54/h5-39H,1-4H3. The van der Waals surface area contributed by atoms with Gasteiger partial charge in [-0.1, -0.05) is 191 Å². The van der Waals surface area contributed by atoms with Crippen LogP contribution in [0.25, 0.3) is 88.3 Å². The topological polar surface area (TPSA) is 16.4 Å². The van der Waals surface area contributed by atoms with E-state index in [0.717, 1.165) is 55.5 Å². The van der Waals surface area contributed by atoms with E-state index < -0.39 is 0 Å². The molecular formula is C64H47NO. The van der Waals surface area contributed by atoms with E-state index >= 15 is 0 Å². The Labute approximate surface area is 386 Å². The van der Waals surface area contributed by atoms with E-state index in [1.807, 2.05) is 0 Å². The van der Waals surface area contributed by atoms with Crippen LogP contribution in [0.1, 0.15) is 49.9 Å². The van der Waals surface area contributed by atoms with E-state index in [4.69, 9.17) is 4.42 Å². The van der Waals surface area contributed by atoms with Crippen LogP contribution in [0.15, 0.2) is 217 Å². The number of furan rings is 1. The largest absolute Gasteiger partial charge is 0.455 e. The molecule has 0 radical (unpaired) electrons. The van der Waals surface area contributed by atoms with Gasteiger partial charge in [0.2, 0.25) is 0 Å². The number of anilines is 3. The van der Waals surface area contributed by atoms with Gasteiger partial charge in [-0.3, -0.25) is 0 Å². The predicted octanol–water partition coefficient (Wildman–Crippen LogP) is 17.8. The molecule has 1 heterocycles. The lowest BCUT2D eigenvalue weighted by molar-refractivity contribution is 0.660. The molecule has 0 amide bonds. The van der Waals surface area contributed by atoms with Gasteiger partial charge in [-0.2, -0.15) is 0 Å². The molecule has 10 aromatic carbocycles. The Kier molecular flexibility index (Phi) is 8.33. The van der Waals surface area contributed by atoms with Crippen molar-refractivity contribution < 1.29 is 4.42 Å². The lowest BCUT2D eigenvalue weighted by Gasteiger charge is -2.29. The van der Waals surface area contributed by atoms with Crippen LogP contribution in [0.5, 0.6) is 0 Å². The highest BCUT2D eigenvalue weighted by Gasteiger charge is 2.38. The van der Waals surface area contributed by atoms with E-state index in [1.165, 1.54) is 72.1 Å². The highest BCUT2D eigenvalue weighted by Crippen LogP contribution is 2.54. The first kappa shape index (κ1) is 38.5. The van der Waals surface area contributed by atoms with Crippen LogP contribution < -0.4 is 4.90 Å². The molecule has 2 aliphatic rings. The van der Waals surface area contributed by atoms with E-state index in [-0.39, 0.29) is 10.8 Å². The summed E-state index contributed by atoms with van der Waals surface area (Å²) < 4.78 is 6.65. The summed E-state index contributed by atoms with van der Waals surface area (Å²) in [5.74, 6) is 0. The zero-order valence-corrected chi connectivity index (χ0v) is 37.6. The molecule has 0 N–H and O–H groups in total. The molecule has 0 atom stereocenters. The zero-order chi connectivity index (χ0) is 44.3. The summed E-state index contributed by atoms with van der Waals surface area (Å²) in [6.45, 7) is 9.47. The molecule has 66 heavy (non-hydrogen) atoms. The third-order valence-electron chi connectivity index (χ3n) is 14.9. The van der Waals surface area contributed by atoms with Gasteiger partial charge in [0, 0.05) is 44.1 Å². The maximum Gasteiger partial charge on any atom is 0.143 e. The Morgan fingerprint density at radius 2 is 0.924 bits per heavy atom. The van der Waals surface area contributed by atoms with E-state index in [2.05, 4.69) is 245 Å². The summed E-state index contributed by atoms with van der Waals surface area (Å²) in [7, 11) is 0. The Morgan fingerprint density at radius 3 is 1.73 bits per heavy atom. The van der Waals surface area contributed by atoms with Crippen molar-refractivity contribution in [2.45, 2.75) is 38.5 Å². The van der Waals surface area contributed by atoms with Crippen LogP contribution in [0.3, 0.4) is 0 Å². The third kappa shape index (κ3) is 5.61. The molecule has 1 aromatic heterocycles. The summed E-state index contributed by atoms with van der Waals surface area (Å²) in [5, 5.41) is 4.58. The van der Waals surface area contributed by atoms with Gasteiger partial charge in [0.05, 0.1) is 0 Å². The molecule has 2 aliphatic carbocycles. The maximum atomic E-state index is 6.65. The summed E-state index contributed by atoms with van der Waals surface area (Å²) in [5.41, 5.74) is 22.9. The highest BCUT2D eigenvalue weighted by molar-refractivity contribution is 6.19. The van der Waals surface area contributed by atoms with Crippen molar-refractivity contribution in [2.75, 3.05) is 4.90 Å². The van der Waals surface area contributed by atoms with Crippen molar-refractivity contribution in [1.29, 1.82) is 0 Å². The smallest absolute Gasteiger partial charge is 0.143 e. The summed E-state index contributed by atoms with van der Waals surface area (Å²) in [6, 6.07) is 78.3. The van der Waals surface area contributed by atoms with Crippen molar-refractivity contribution in [3.05, 3.63) is 235 Å². The van der Waals surface area contributed by atoms with Gasteiger partial charge in [-0.15, -0.1) is 0 Å². The molecule has 0 saturated carbocycles. The van der Waals surface area contributed by atoms with Crippen molar-refractivity contribution in [1.82, 2.24) is 0 Å². The van der Waals surface area contributed by atoms with Crippen LogP contribution in [0.2, 0.25) is 0 Å². The van der Waals surface area contributed by atoms with Crippen LogP contribution in [0.4, 0.5) is 17.1 Å². The third-order valence-corrected chi connectivity index (χ3v) is 14.9. The molecule has 0 unspecified atom stereocenters. The van der Waals surface area contributed by atoms with Crippen molar-refractivity contribution in [3.63, 3.8) is 0 Å². The summed E-state index contributed by atoms with van der Waals surface area (Å²) in [6.07, 6.45) is 0. The SMILES string of the molecule is CC1(C)c2ccccc2-c2ccc(N(c3ccc(-c4ccccc4-c4cccc5c4C(C)(C)c4ccccc4-5)cc3)c3cccc(-c4cccc5oc6c7ccccc7ccc6c45)c3)cc21. The van der Waals surface area contributed by atoms with E-state index in [0.29, 0.717) is 0 Å². The lowest BCUT2D eigenvalue weighted by atomic mass is 9.78. The van der Waals surface area contributed by atoms with E-state index in [1.54, 1.807) is 0 Å². The quantitative estimate of drug-likeness (QED) is 0.166. The van der Waals surface area contributed by atoms with Crippen molar-refractivity contribution in [3.8, 4) is 55.6 Å². The molecule has 0 saturated heterocycles. The number of nitrogens with zero attached hydrogens (tertiary/aromatic N) is 1. The normalized spacial score (nSPS) is 14.0. The first-order valence-corrected chi connectivity index (χ1v) is 23.2. The summed E-state index contributed by atoms with van der Waals surface area (Å²) in [4.78, 5) is 2.43. The summed E-state index contributed by atoms with van der Waals surface area (Å²) >= 11 is 0. The average molecular weight is 846 g/mol. The monoisotopic (exact) mass is 845 g/mol. The fraction of sp³-hybridized carbons (Fsp3) is 0.0938. The number of rotatable bonds is 6. The van der Waals surface area contributed by atoms with Gasteiger partial charge < -0.3 is 9.32 Å². The molecule has 0 bridgehead atoms. The van der Waals surface area contributed by atoms with Gasteiger partial charge in [0.25, 0.3) is 0 Å². The molecular weight excluding hydrogens is 799 g/mol. The number of hydrogen-bond acceptors (Lipinski definition) is 2. The van der Waals surface area contributed by atoms with E-state index in [9.17, 15) is 0 Å². The average Bonchev–Trinajstić information content (AvgIpc) is 3.95. The minimum Gasteiger partial charge on any atom is -0.455 e. The van der Waals surface area contributed by atoms with Gasteiger partial charge in [-0.25, -0.2) is 0 Å². The van der Waals surface area contributed by atoms with Crippen LogP contribution >= 0.6 is 0 Å². The van der Waals surface area contributed by atoms with Crippen molar-refractivity contribution >= 4 is 49.8 Å². The van der Waals surface area contributed by atoms with Crippen molar-refractivity contribution in [2.24, 2.45) is 0 Å². The lowest BCUT2D eigenvalue weighted by Crippen LogP contribution is -2.16. The first-order chi connectivity index (χ1) is 32.3. The molecule has 0 aliphatic heterocycles. The Morgan fingerprint density at radius 1 is 0.348 bits per heavy atom. The van der Waals surface area contributed by atoms with Crippen LogP contribution in [-0.4, -0.2) is 0 Å². The minimum absolute atomic E-state index is 0.120. The van der Waals surface area contributed by atoms with Gasteiger partial charge in [0.1, 0.15) is 11.2 Å². The second kappa shape index (κ2) is 14.3. The molecule has 0 fully saturated rings. The number of benzene rings is 10. The highest BCUT2D eigenvalue weighted by atomic mass is 16.3. The minimum atomic E-state index is -0.140. The van der Waals surface area contributed by atoms with Gasteiger partial charge in [0.15, 0.2) is 0 Å². The fourth-order valence-electron chi connectivity index (χ4n) is 11.7. The van der Waals surface area contributed by atoms with Gasteiger partial charge >= 0.3 is 0 Å². The number of fused-ring (bicyclic) bond motifs is 11. The second-order valence-electron chi connectivity index (χ2n) is 19.2. The Bertz CT molecular complexity index is 3770. The maximum absolute atomic E-state index is 6.65. The second-order valence-corrected chi connectivity index (χ2v) is 19.2. The Hall–Kier alpha value is -7.94. The molecule has 2 heteroatoms. The molecule has 0 spiro atoms. The molecule has 314 valence electrons.